The largest absolute Gasteiger partial charge is 0.507 e. The molecule has 0 saturated heterocycles. The van der Waals surface area contributed by atoms with Crippen molar-refractivity contribution in [1.29, 1.82) is 0 Å². The maximum atomic E-state index is 12.8. The number of phenols is 2. The third kappa shape index (κ3) is 10.2. The van der Waals surface area contributed by atoms with Crippen LogP contribution in [0.15, 0.2) is 34.3 Å². The van der Waals surface area contributed by atoms with Crippen molar-refractivity contribution in [2.24, 2.45) is 9.98 Å². The highest BCUT2D eigenvalue weighted by Gasteiger charge is 2.31. The molecule has 1 saturated carbocycles. The van der Waals surface area contributed by atoms with E-state index < -0.39 is 14.0 Å². The summed E-state index contributed by atoms with van der Waals surface area (Å²) in [5, 5.41) is 22.6. The van der Waals surface area contributed by atoms with Gasteiger partial charge in [-0.25, -0.2) is 0 Å². The van der Waals surface area contributed by atoms with Gasteiger partial charge in [-0.2, -0.15) is 0 Å². The van der Waals surface area contributed by atoms with Gasteiger partial charge in [-0.15, -0.1) is 0 Å². The highest BCUT2D eigenvalue weighted by molar-refractivity contribution is 6.66. The molecular weight excluding hydrogens is 609 g/mol. The Labute approximate surface area is 283 Å². The number of aliphatic imine (C=N–C) groups is 2. The number of rotatable bonds is 10. The minimum Gasteiger partial charge on any atom is -0.507 e. The fourth-order valence-electron chi connectivity index (χ4n) is 5.71. The lowest BCUT2D eigenvalue weighted by molar-refractivity contribution is -0.134. The molecule has 1 aliphatic carbocycles. The van der Waals surface area contributed by atoms with Gasteiger partial charge in [0.05, 0.1) is 12.1 Å². The number of aromatic hydroxyl groups is 2. The summed E-state index contributed by atoms with van der Waals surface area (Å²) in [4.78, 5) is 22.8. The molecule has 3 rings (SSSR count). The third-order valence-electron chi connectivity index (χ3n) is 9.12. The van der Waals surface area contributed by atoms with Gasteiger partial charge in [0.2, 0.25) is 0 Å². The van der Waals surface area contributed by atoms with Crippen LogP contribution in [-0.4, -0.2) is 63.5 Å². The van der Waals surface area contributed by atoms with Crippen LogP contribution in [-0.2, 0) is 29.9 Å². The lowest BCUT2D eigenvalue weighted by Crippen LogP contribution is -2.36. The first-order valence-electron chi connectivity index (χ1n) is 16.8. The maximum Gasteiger partial charge on any atom is 0.334 e. The molecule has 0 bridgehead atoms. The van der Waals surface area contributed by atoms with E-state index >= 15 is 0 Å². The van der Waals surface area contributed by atoms with E-state index in [1.54, 1.807) is 32.6 Å². The van der Waals surface area contributed by atoms with Gasteiger partial charge in [-0.05, 0) is 59.4 Å². The van der Waals surface area contributed by atoms with E-state index in [-0.39, 0.29) is 46.8 Å². The summed E-state index contributed by atoms with van der Waals surface area (Å²) >= 11 is 0. The second kappa shape index (κ2) is 15.0. The fraction of sp³-hybridized carbons (Fsp3) is 0.605. The van der Waals surface area contributed by atoms with E-state index in [1.165, 1.54) is 0 Å². The molecule has 260 valence electrons. The van der Waals surface area contributed by atoms with E-state index in [2.05, 4.69) is 47.6 Å². The van der Waals surface area contributed by atoms with Crippen LogP contribution < -0.4 is 4.74 Å². The predicted octanol–water partition coefficient (Wildman–Crippen LogP) is 8.50. The van der Waals surface area contributed by atoms with Crippen LogP contribution in [0, 0.1) is 0 Å². The topological polar surface area (TPSA) is 110 Å². The predicted molar refractivity (Wildman–Crippen MR) is 194 cm³/mol. The highest BCUT2D eigenvalue weighted by Crippen LogP contribution is 2.38. The first-order valence-corrected chi connectivity index (χ1v) is 19.3. The number of phenolic OH excluding ortho intramolecular Hbond substituents is 2. The quantitative estimate of drug-likeness (QED) is 0.114. The van der Waals surface area contributed by atoms with Gasteiger partial charge in [-0.3, -0.25) is 14.8 Å². The van der Waals surface area contributed by atoms with Gasteiger partial charge in [0.25, 0.3) is 0 Å². The average molecular weight is 667 g/mol. The van der Waals surface area contributed by atoms with Crippen molar-refractivity contribution in [3.8, 4) is 17.2 Å². The Balaban J connectivity index is 1.93. The molecule has 2 N–H and O–H groups in total. The minimum atomic E-state index is -2.42. The van der Waals surface area contributed by atoms with E-state index in [9.17, 15) is 15.0 Å². The molecule has 0 spiro atoms. The van der Waals surface area contributed by atoms with Crippen LogP contribution in [0.2, 0.25) is 12.6 Å². The van der Waals surface area contributed by atoms with Crippen molar-refractivity contribution in [3.63, 3.8) is 0 Å². The standard InChI is InChI=1S/C38H58N2O6Si/c1-36(2,3)27-19-25(34(42)29(21-27)37(4,5)6)23-39-31-15-13-14-16-32(31)40-24-26-20-28(22-30(35(26)43)38(7,8)9)46-33(41)17-18-47(12,44-10)45-11/h19-24,31-32,42-43H,13-18H2,1-12H3/b39-23+,40-24+/t31-,32-/m1/s1. The lowest BCUT2D eigenvalue weighted by Gasteiger charge is -2.28. The molecule has 0 unspecified atom stereocenters. The number of carbonyl (C=O) groups is 1. The fourth-order valence-corrected chi connectivity index (χ4v) is 6.94. The van der Waals surface area contributed by atoms with Crippen molar-refractivity contribution in [2.45, 2.75) is 135 Å². The van der Waals surface area contributed by atoms with Crippen LogP contribution in [0.5, 0.6) is 17.2 Å². The molecule has 0 amide bonds. The molecule has 2 aromatic carbocycles. The second-order valence-electron chi connectivity index (χ2n) is 16.1. The monoisotopic (exact) mass is 666 g/mol. The summed E-state index contributed by atoms with van der Waals surface area (Å²) in [7, 11) is 0.779. The van der Waals surface area contributed by atoms with Gasteiger partial charge in [0, 0.05) is 61.4 Å². The summed E-state index contributed by atoms with van der Waals surface area (Å²) in [6, 6.07) is 7.86. The molecule has 47 heavy (non-hydrogen) atoms. The van der Waals surface area contributed by atoms with Crippen LogP contribution >= 0.6 is 0 Å². The number of hydrogen-bond acceptors (Lipinski definition) is 8. The van der Waals surface area contributed by atoms with Crippen LogP contribution in [0.1, 0.15) is 122 Å². The first kappa shape index (κ1) is 38.4. The smallest absolute Gasteiger partial charge is 0.334 e. The second-order valence-corrected chi connectivity index (χ2v) is 19.7. The number of carbonyl (C=O) groups excluding carboxylic acids is 1. The van der Waals surface area contributed by atoms with Crippen molar-refractivity contribution < 1.29 is 28.6 Å². The van der Waals surface area contributed by atoms with Crippen molar-refractivity contribution in [2.75, 3.05) is 14.2 Å². The summed E-state index contributed by atoms with van der Waals surface area (Å²) in [6.07, 6.45) is 7.50. The number of ether oxygens (including phenoxy) is 1. The van der Waals surface area contributed by atoms with Crippen LogP contribution in [0.25, 0.3) is 0 Å². The summed E-state index contributed by atoms with van der Waals surface area (Å²) in [6.45, 7) is 20.8. The van der Waals surface area contributed by atoms with Gasteiger partial charge in [0.15, 0.2) is 0 Å². The van der Waals surface area contributed by atoms with Gasteiger partial charge in [-0.1, -0.05) is 81.2 Å². The molecule has 8 nitrogen and oxygen atoms in total. The number of hydrogen-bond donors (Lipinski definition) is 2. The molecule has 9 heteroatoms. The van der Waals surface area contributed by atoms with E-state index in [0.29, 0.717) is 22.9 Å². The van der Waals surface area contributed by atoms with Gasteiger partial charge < -0.3 is 23.8 Å². The normalized spacial score (nSPS) is 18.3. The summed E-state index contributed by atoms with van der Waals surface area (Å²) < 4.78 is 16.8. The number of benzene rings is 2. The molecule has 1 fully saturated rings. The molecule has 0 radical (unpaired) electrons. The molecule has 0 aliphatic heterocycles. The van der Waals surface area contributed by atoms with E-state index in [4.69, 9.17) is 23.6 Å². The minimum absolute atomic E-state index is 0.0685. The number of esters is 1. The zero-order chi connectivity index (χ0) is 35.4. The van der Waals surface area contributed by atoms with Gasteiger partial charge >= 0.3 is 14.5 Å². The Morgan fingerprint density at radius 2 is 1.26 bits per heavy atom. The van der Waals surface area contributed by atoms with E-state index in [0.717, 1.165) is 42.4 Å². The third-order valence-corrected chi connectivity index (χ3v) is 12.0. The molecule has 2 atom stereocenters. The lowest BCUT2D eigenvalue weighted by atomic mass is 9.79. The van der Waals surface area contributed by atoms with Crippen LogP contribution in [0.3, 0.4) is 0 Å². The van der Waals surface area contributed by atoms with Crippen molar-refractivity contribution in [3.05, 3.63) is 52.1 Å². The Morgan fingerprint density at radius 1 is 0.787 bits per heavy atom. The molecule has 0 aromatic heterocycles. The Kier molecular flexibility index (Phi) is 12.3. The molecule has 0 heterocycles. The zero-order valence-corrected chi connectivity index (χ0v) is 31.8. The summed E-state index contributed by atoms with van der Waals surface area (Å²) in [5.41, 5.74) is 3.23. The Bertz CT molecular complexity index is 1460. The van der Waals surface area contributed by atoms with Crippen molar-refractivity contribution >= 4 is 27.0 Å². The number of nitrogens with zero attached hydrogens (tertiary/aromatic N) is 2. The molecular formula is C38H58N2O6Si. The van der Waals surface area contributed by atoms with Crippen LogP contribution in [0.4, 0.5) is 0 Å². The Hall–Kier alpha value is -3.01. The first-order chi connectivity index (χ1) is 21.7. The SMILES string of the molecule is CO[Si](C)(CCC(=O)Oc1cc(/C=N/[C@@H]2CCCC[C@H]2/N=C/c2cc(C(C)(C)C)cc(C(C)(C)C)c2O)c(O)c(C(C)(C)C)c1)OC. The maximum absolute atomic E-state index is 12.8. The Morgan fingerprint density at radius 3 is 1.70 bits per heavy atom. The zero-order valence-electron chi connectivity index (χ0n) is 30.8. The van der Waals surface area contributed by atoms with Crippen molar-refractivity contribution in [1.82, 2.24) is 0 Å². The highest BCUT2D eigenvalue weighted by atomic mass is 28.4. The molecule has 1 aliphatic rings. The molecule has 2 aromatic rings. The van der Waals surface area contributed by atoms with E-state index in [1.807, 2.05) is 39.6 Å². The summed E-state index contributed by atoms with van der Waals surface area (Å²) in [5.74, 6) is 0.364. The average Bonchev–Trinajstić information content (AvgIpc) is 2.98. The van der Waals surface area contributed by atoms with Gasteiger partial charge in [0.1, 0.15) is 17.2 Å².